The molecule has 1 atom stereocenters. The lowest BCUT2D eigenvalue weighted by atomic mass is 10.1. The zero-order valence-corrected chi connectivity index (χ0v) is 12.2. The Hall–Kier alpha value is -1.95. The normalized spacial score (nSPS) is 11.7. The van der Waals surface area contributed by atoms with Crippen LogP contribution in [0.2, 0.25) is 0 Å². The van der Waals surface area contributed by atoms with Crippen molar-refractivity contribution in [2.45, 2.75) is 6.92 Å². The van der Waals surface area contributed by atoms with Crippen molar-refractivity contribution in [2.75, 3.05) is 34.5 Å². The van der Waals surface area contributed by atoms with Crippen LogP contribution in [0.3, 0.4) is 0 Å². The molecule has 0 aliphatic heterocycles. The Kier molecular flexibility index (Phi) is 6.11. The zero-order valence-electron chi connectivity index (χ0n) is 12.2. The van der Waals surface area contributed by atoms with Crippen molar-refractivity contribution in [3.05, 3.63) is 17.7 Å². The van der Waals surface area contributed by atoms with Crippen molar-refractivity contribution in [1.82, 2.24) is 5.32 Å². The number of amides is 1. The minimum Gasteiger partial charge on any atom is -0.496 e. The van der Waals surface area contributed by atoms with Crippen molar-refractivity contribution >= 4 is 5.91 Å². The number of hydrogen-bond acceptors (Lipinski definition) is 5. The van der Waals surface area contributed by atoms with Crippen LogP contribution in [-0.4, -0.2) is 45.5 Å². The Balaban J connectivity index is 3.00. The van der Waals surface area contributed by atoms with Crippen LogP contribution in [-0.2, 0) is 0 Å². The first-order valence-electron chi connectivity index (χ1n) is 6.26. The summed E-state index contributed by atoms with van der Waals surface area (Å²) in [6, 6.07) is 3.17. The molecule has 1 aromatic rings. The minimum atomic E-state index is -0.289. The lowest BCUT2D eigenvalue weighted by Gasteiger charge is -2.15. The van der Waals surface area contributed by atoms with Crippen molar-refractivity contribution in [1.29, 1.82) is 0 Å². The summed E-state index contributed by atoms with van der Waals surface area (Å²) in [5, 5.41) is 11.7. The largest absolute Gasteiger partial charge is 0.496 e. The molecule has 1 unspecified atom stereocenters. The van der Waals surface area contributed by atoms with Gasteiger partial charge in [-0.2, -0.15) is 0 Å². The molecule has 1 aromatic carbocycles. The third kappa shape index (κ3) is 3.77. The third-order valence-electron chi connectivity index (χ3n) is 2.87. The lowest BCUT2D eigenvalue weighted by Crippen LogP contribution is -2.29. The van der Waals surface area contributed by atoms with Crippen LogP contribution >= 0.6 is 0 Å². The number of aliphatic hydroxyl groups is 1. The van der Waals surface area contributed by atoms with Crippen molar-refractivity contribution in [3.63, 3.8) is 0 Å². The first kappa shape index (κ1) is 16.1. The van der Waals surface area contributed by atoms with Crippen LogP contribution < -0.4 is 19.5 Å². The summed E-state index contributed by atoms with van der Waals surface area (Å²) in [7, 11) is 4.49. The maximum Gasteiger partial charge on any atom is 0.255 e. The summed E-state index contributed by atoms with van der Waals surface area (Å²) >= 11 is 0. The van der Waals surface area contributed by atoms with Gasteiger partial charge in [-0.1, -0.05) is 6.92 Å². The summed E-state index contributed by atoms with van der Waals surface area (Å²) in [6.45, 7) is 2.24. The molecule has 0 saturated carbocycles. The van der Waals surface area contributed by atoms with Gasteiger partial charge in [-0.25, -0.2) is 0 Å². The summed E-state index contributed by atoms with van der Waals surface area (Å²) in [4.78, 5) is 12.1. The van der Waals surface area contributed by atoms with Crippen LogP contribution in [0.5, 0.6) is 17.2 Å². The topological polar surface area (TPSA) is 77.0 Å². The van der Waals surface area contributed by atoms with Gasteiger partial charge >= 0.3 is 0 Å². The van der Waals surface area contributed by atoms with Crippen LogP contribution in [0.25, 0.3) is 0 Å². The number of ether oxygens (including phenoxy) is 3. The molecule has 0 radical (unpaired) electrons. The van der Waals surface area contributed by atoms with Gasteiger partial charge in [0.25, 0.3) is 5.91 Å². The van der Waals surface area contributed by atoms with Gasteiger partial charge in [0, 0.05) is 25.3 Å². The number of hydrogen-bond donors (Lipinski definition) is 2. The van der Waals surface area contributed by atoms with E-state index in [1.807, 2.05) is 6.92 Å². The zero-order chi connectivity index (χ0) is 15.1. The fraction of sp³-hybridized carbons (Fsp3) is 0.500. The maximum atomic E-state index is 12.1. The van der Waals surface area contributed by atoms with E-state index in [1.165, 1.54) is 21.3 Å². The molecule has 1 amide bonds. The average Bonchev–Trinajstić information content (AvgIpc) is 2.50. The van der Waals surface area contributed by atoms with Gasteiger partial charge in [0.15, 0.2) is 11.5 Å². The highest BCUT2D eigenvalue weighted by atomic mass is 16.5. The molecule has 6 nitrogen and oxygen atoms in total. The quantitative estimate of drug-likeness (QED) is 0.783. The highest BCUT2D eigenvalue weighted by Gasteiger charge is 2.17. The SMILES string of the molecule is COc1cc(OC)c(C(=O)NCC(C)CO)cc1OC. The second-order valence-corrected chi connectivity index (χ2v) is 4.41. The molecule has 2 N–H and O–H groups in total. The molecule has 0 fully saturated rings. The van der Waals surface area contributed by atoms with E-state index in [-0.39, 0.29) is 18.4 Å². The Morgan fingerprint density at radius 1 is 1.15 bits per heavy atom. The molecular formula is C14H21NO5. The van der Waals surface area contributed by atoms with Crippen LogP contribution in [0.4, 0.5) is 0 Å². The van der Waals surface area contributed by atoms with Gasteiger partial charge in [0.2, 0.25) is 0 Å². The van der Waals surface area contributed by atoms with E-state index in [9.17, 15) is 4.79 Å². The Bertz CT molecular complexity index is 461. The van der Waals surface area contributed by atoms with Gasteiger partial charge in [-0.05, 0) is 5.92 Å². The molecule has 112 valence electrons. The molecule has 0 spiro atoms. The summed E-state index contributed by atoms with van der Waals surface area (Å²) in [5.41, 5.74) is 0.357. The predicted octanol–water partition coefficient (Wildman–Crippen LogP) is 1.07. The highest BCUT2D eigenvalue weighted by Crippen LogP contribution is 2.34. The Morgan fingerprint density at radius 3 is 2.20 bits per heavy atom. The fourth-order valence-electron chi connectivity index (χ4n) is 1.63. The van der Waals surface area contributed by atoms with Gasteiger partial charge in [-0.3, -0.25) is 4.79 Å². The molecule has 1 rings (SSSR count). The third-order valence-corrected chi connectivity index (χ3v) is 2.87. The number of rotatable bonds is 7. The monoisotopic (exact) mass is 283 g/mol. The van der Waals surface area contributed by atoms with E-state index in [4.69, 9.17) is 19.3 Å². The Labute approximate surface area is 118 Å². The summed E-state index contributed by atoms with van der Waals surface area (Å²) < 4.78 is 15.5. The van der Waals surface area contributed by atoms with E-state index in [1.54, 1.807) is 12.1 Å². The number of methoxy groups -OCH3 is 3. The van der Waals surface area contributed by atoms with E-state index in [0.29, 0.717) is 29.4 Å². The highest BCUT2D eigenvalue weighted by molar-refractivity contribution is 5.97. The van der Waals surface area contributed by atoms with E-state index < -0.39 is 0 Å². The van der Waals surface area contributed by atoms with E-state index >= 15 is 0 Å². The molecule has 0 aromatic heterocycles. The molecule has 20 heavy (non-hydrogen) atoms. The fourth-order valence-corrected chi connectivity index (χ4v) is 1.63. The molecule has 0 heterocycles. The average molecular weight is 283 g/mol. The van der Waals surface area contributed by atoms with Gasteiger partial charge < -0.3 is 24.6 Å². The summed E-state index contributed by atoms with van der Waals surface area (Å²) in [6.07, 6.45) is 0. The number of carbonyl (C=O) groups excluding carboxylic acids is 1. The van der Waals surface area contributed by atoms with E-state index in [2.05, 4.69) is 5.32 Å². The molecule has 0 aliphatic carbocycles. The molecule has 0 saturated heterocycles. The molecular weight excluding hydrogens is 262 g/mol. The molecule has 6 heteroatoms. The van der Waals surface area contributed by atoms with Gasteiger partial charge in [-0.15, -0.1) is 0 Å². The Morgan fingerprint density at radius 2 is 1.70 bits per heavy atom. The first-order chi connectivity index (χ1) is 9.57. The number of aliphatic hydroxyl groups excluding tert-OH is 1. The number of carbonyl (C=O) groups is 1. The summed E-state index contributed by atoms with van der Waals surface area (Å²) in [5.74, 6) is 1.04. The standard InChI is InChI=1S/C14H21NO5/c1-9(8-16)7-15-14(17)10-5-12(19-3)13(20-4)6-11(10)18-2/h5-6,9,16H,7-8H2,1-4H3,(H,15,17). The van der Waals surface area contributed by atoms with Crippen molar-refractivity contribution in [3.8, 4) is 17.2 Å². The van der Waals surface area contributed by atoms with Crippen LogP contribution in [0.15, 0.2) is 12.1 Å². The predicted molar refractivity (Wildman–Crippen MR) is 74.7 cm³/mol. The van der Waals surface area contributed by atoms with E-state index in [0.717, 1.165) is 0 Å². The van der Waals surface area contributed by atoms with Crippen molar-refractivity contribution < 1.29 is 24.1 Å². The number of nitrogens with one attached hydrogen (secondary N) is 1. The van der Waals surface area contributed by atoms with Gasteiger partial charge in [0.1, 0.15) is 5.75 Å². The first-order valence-corrected chi connectivity index (χ1v) is 6.26. The molecule has 0 bridgehead atoms. The maximum absolute atomic E-state index is 12.1. The minimum absolute atomic E-state index is 0.00918. The smallest absolute Gasteiger partial charge is 0.255 e. The molecule has 0 aliphatic rings. The lowest BCUT2D eigenvalue weighted by molar-refractivity contribution is 0.0939. The van der Waals surface area contributed by atoms with Crippen LogP contribution in [0, 0.1) is 5.92 Å². The second kappa shape index (κ2) is 7.59. The van der Waals surface area contributed by atoms with Gasteiger partial charge in [0.05, 0.1) is 26.9 Å². The van der Waals surface area contributed by atoms with Crippen LogP contribution in [0.1, 0.15) is 17.3 Å². The van der Waals surface area contributed by atoms with Crippen molar-refractivity contribution in [2.24, 2.45) is 5.92 Å². The number of benzene rings is 1. The second-order valence-electron chi connectivity index (χ2n) is 4.41.